The molecule has 2 aromatic rings. The Morgan fingerprint density at radius 2 is 1.08 bits per heavy atom. The molecule has 0 aliphatic heterocycles. The summed E-state index contributed by atoms with van der Waals surface area (Å²) < 4.78 is 74.2. The standard InChI is InChI=1S/2C7H2ClF3O/c8-7(12)3-1-5(10)6(11)2-4(3)9;8-7(12)3-1-4(9)6(11)5(10)2-3/h2*1-2H. The van der Waals surface area contributed by atoms with Crippen molar-refractivity contribution in [2.45, 2.75) is 0 Å². The predicted octanol–water partition coefficient (Wildman–Crippen LogP) is 4.97. The molecule has 0 amide bonds. The van der Waals surface area contributed by atoms with E-state index in [1.165, 1.54) is 0 Å². The van der Waals surface area contributed by atoms with Crippen LogP contribution in [0, 0.1) is 34.9 Å². The highest BCUT2D eigenvalue weighted by Crippen LogP contribution is 2.15. The molecule has 0 fully saturated rings. The van der Waals surface area contributed by atoms with E-state index in [0.717, 1.165) is 0 Å². The van der Waals surface area contributed by atoms with E-state index in [9.17, 15) is 35.9 Å². The second-order valence-electron chi connectivity index (χ2n) is 4.05. The van der Waals surface area contributed by atoms with Gasteiger partial charge in [0.05, 0.1) is 5.56 Å². The van der Waals surface area contributed by atoms with Crippen molar-refractivity contribution >= 4 is 33.7 Å². The molecule has 0 aromatic heterocycles. The Kier molecular flexibility index (Phi) is 6.80. The average Bonchev–Trinajstić information content (AvgIpc) is 2.48. The molecule has 128 valence electrons. The van der Waals surface area contributed by atoms with Crippen LogP contribution >= 0.6 is 23.2 Å². The van der Waals surface area contributed by atoms with E-state index >= 15 is 0 Å². The van der Waals surface area contributed by atoms with E-state index in [4.69, 9.17) is 23.2 Å². The Bertz CT molecular complexity index is 787. The van der Waals surface area contributed by atoms with Crippen LogP contribution in [-0.4, -0.2) is 10.5 Å². The molecular formula is C14H4Cl2F6O2. The second kappa shape index (κ2) is 8.16. The van der Waals surface area contributed by atoms with Gasteiger partial charge < -0.3 is 0 Å². The zero-order valence-corrected chi connectivity index (χ0v) is 12.7. The first-order valence-electron chi connectivity index (χ1n) is 5.73. The third-order valence-corrected chi connectivity index (χ3v) is 2.85. The van der Waals surface area contributed by atoms with Gasteiger partial charge in [-0.1, -0.05) is 0 Å². The fourth-order valence-electron chi connectivity index (χ4n) is 1.34. The van der Waals surface area contributed by atoms with Gasteiger partial charge in [0.15, 0.2) is 29.1 Å². The Hall–Kier alpha value is -2.06. The zero-order chi connectivity index (χ0) is 18.6. The van der Waals surface area contributed by atoms with Crippen LogP contribution in [0.4, 0.5) is 26.3 Å². The van der Waals surface area contributed by atoms with Gasteiger partial charge in [-0.05, 0) is 41.4 Å². The topological polar surface area (TPSA) is 34.1 Å². The highest BCUT2D eigenvalue weighted by molar-refractivity contribution is 6.68. The third-order valence-electron chi connectivity index (χ3n) is 2.43. The number of rotatable bonds is 2. The molecule has 0 radical (unpaired) electrons. The van der Waals surface area contributed by atoms with Gasteiger partial charge in [-0.2, -0.15) is 0 Å². The average molecular weight is 389 g/mol. The summed E-state index contributed by atoms with van der Waals surface area (Å²) in [6.07, 6.45) is 0. The molecular weight excluding hydrogens is 385 g/mol. The highest BCUT2D eigenvalue weighted by atomic mass is 35.5. The van der Waals surface area contributed by atoms with Gasteiger partial charge in [0.2, 0.25) is 0 Å². The van der Waals surface area contributed by atoms with Crippen LogP contribution in [-0.2, 0) is 0 Å². The number of benzene rings is 2. The lowest BCUT2D eigenvalue weighted by Crippen LogP contribution is -1.98. The molecule has 0 heterocycles. The lowest BCUT2D eigenvalue weighted by Gasteiger charge is -1.97. The molecule has 0 aliphatic rings. The van der Waals surface area contributed by atoms with Crippen molar-refractivity contribution in [1.82, 2.24) is 0 Å². The number of hydrogen-bond donors (Lipinski definition) is 0. The Balaban J connectivity index is 0.000000240. The lowest BCUT2D eigenvalue weighted by molar-refractivity contribution is 0.107. The minimum absolute atomic E-state index is 0.269. The maximum absolute atomic E-state index is 12.6. The summed E-state index contributed by atoms with van der Waals surface area (Å²) in [5, 5.41) is -2.20. The zero-order valence-electron chi connectivity index (χ0n) is 11.1. The van der Waals surface area contributed by atoms with Crippen molar-refractivity contribution in [1.29, 1.82) is 0 Å². The summed E-state index contributed by atoms with van der Waals surface area (Å²) >= 11 is 9.77. The van der Waals surface area contributed by atoms with Gasteiger partial charge in [-0.25, -0.2) is 26.3 Å². The fourth-order valence-corrected chi connectivity index (χ4v) is 1.60. The first-order chi connectivity index (χ1) is 11.0. The Morgan fingerprint density at radius 3 is 1.50 bits per heavy atom. The molecule has 0 aliphatic carbocycles. The fraction of sp³-hybridized carbons (Fsp3) is 0. The number of carbonyl (C=O) groups is 2. The van der Waals surface area contributed by atoms with Crippen molar-refractivity contribution in [3.8, 4) is 0 Å². The molecule has 2 nitrogen and oxygen atoms in total. The molecule has 2 aromatic carbocycles. The third kappa shape index (κ3) is 4.97. The molecule has 0 saturated carbocycles. The van der Waals surface area contributed by atoms with Crippen molar-refractivity contribution in [3.05, 3.63) is 70.3 Å². The summed E-state index contributed by atoms with van der Waals surface area (Å²) in [4.78, 5) is 20.7. The first-order valence-corrected chi connectivity index (χ1v) is 6.49. The minimum atomic E-state index is -1.61. The van der Waals surface area contributed by atoms with Crippen molar-refractivity contribution < 1.29 is 35.9 Å². The Labute approximate surface area is 140 Å². The summed E-state index contributed by atoms with van der Waals surface area (Å²) in [6, 6.07) is 1.76. The summed E-state index contributed by atoms with van der Waals surface area (Å²) in [5.41, 5.74) is -1.08. The molecule has 0 atom stereocenters. The van der Waals surface area contributed by atoms with E-state index in [-0.39, 0.29) is 6.07 Å². The highest BCUT2D eigenvalue weighted by Gasteiger charge is 2.14. The molecule has 0 N–H and O–H groups in total. The monoisotopic (exact) mass is 388 g/mol. The van der Waals surface area contributed by atoms with Crippen LogP contribution in [0.1, 0.15) is 20.7 Å². The van der Waals surface area contributed by atoms with Gasteiger partial charge >= 0.3 is 0 Å². The number of hydrogen-bond acceptors (Lipinski definition) is 2. The van der Waals surface area contributed by atoms with E-state index in [2.05, 4.69) is 0 Å². The molecule has 0 spiro atoms. The molecule has 2 rings (SSSR count). The largest absolute Gasteiger partial charge is 0.276 e. The summed E-state index contributed by atoms with van der Waals surface area (Å²) in [7, 11) is 0. The van der Waals surface area contributed by atoms with Crippen molar-refractivity contribution in [2.24, 2.45) is 0 Å². The van der Waals surface area contributed by atoms with Crippen molar-refractivity contribution in [2.75, 3.05) is 0 Å². The minimum Gasteiger partial charge on any atom is -0.276 e. The predicted molar refractivity (Wildman–Crippen MR) is 73.0 cm³/mol. The van der Waals surface area contributed by atoms with Gasteiger partial charge in [-0.15, -0.1) is 0 Å². The molecule has 0 unspecified atom stereocenters. The van der Waals surface area contributed by atoms with Crippen LogP contribution in [0.25, 0.3) is 0 Å². The quantitative estimate of drug-likeness (QED) is 0.315. The SMILES string of the molecule is O=C(Cl)c1cc(F)c(F)c(F)c1.O=C(Cl)c1cc(F)c(F)cc1F. The van der Waals surface area contributed by atoms with Gasteiger partial charge in [0.25, 0.3) is 10.5 Å². The van der Waals surface area contributed by atoms with Gasteiger partial charge in [-0.3, -0.25) is 9.59 Å². The summed E-state index contributed by atoms with van der Waals surface area (Å²) in [6.45, 7) is 0. The summed E-state index contributed by atoms with van der Waals surface area (Å²) in [5.74, 6) is -8.31. The number of halogens is 8. The van der Waals surface area contributed by atoms with Crippen LogP contribution in [0.2, 0.25) is 0 Å². The molecule has 24 heavy (non-hydrogen) atoms. The smallest absolute Gasteiger partial charge is 0.255 e. The lowest BCUT2D eigenvalue weighted by atomic mass is 10.2. The van der Waals surface area contributed by atoms with Gasteiger partial charge in [0.1, 0.15) is 5.82 Å². The van der Waals surface area contributed by atoms with E-state index in [0.29, 0.717) is 18.2 Å². The maximum Gasteiger partial charge on any atom is 0.255 e. The second-order valence-corrected chi connectivity index (χ2v) is 4.73. The van der Waals surface area contributed by atoms with E-state index < -0.39 is 56.5 Å². The van der Waals surface area contributed by atoms with Crippen molar-refractivity contribution in [3.63, 3.8) is 0 Å². The van der Waals surface area contributed by atoms with Crippen LogP contribution < -0.4 is 0 Å². The van der Waals surface area contributed by atoms with E-state index in [1.807, 2.05) is 0 Å². The van der Waals surface area contributed by atoms with Gasteiger partial charge in [0, 0.05) is 11.6 Å². The first kappa shape index (κ1) is 20.0. The van der Waals surface area contributed by atoms with Crippen LogP contribution in [0.5, 0.6) is 0 Å². The van der Waals surface area contributed by atoms with Crippen LogP contribution in [0.3, 0.4) is 0 Å². The number of carbonyl (C=O) groups excluding carboxylic acids is 2. The molecule has 0 bridgehead atoms. The molecule has 0 saturated heterocycles. The Morgan fingerprint density at radius 1 is 0.625 bits per heavy atom. The van der Waals surface area contributed by atoms with Crippen LogP contribution in [0.15, 0.2) is 24.3 Å². The van der Waals surface area contributed by atoms with E-state index in [1.54, 1.807) is 0 Å². The molecule has 10 heteroatoms. The normalized spacial score (nSPS) is 10.0. The maximum atomic E-state index is 12.6.